The Balaban J connectivity index is 0.000000367. The molecule has 31 heavy (non-hydrogen) atoms. The molecule has 0 saturated carbocycles. The second kappa shape index (κ2) is 14.0. The number of carbonyl (C=O) groups is 1. The molecule has 4 N–H and O–H groups in total. The number of hydrogen-bond acceptors (Lipinski definition) is 5. The first kappa shape index (κ1) is 26.0. The van der Waals surface area contributed by atoms with Gasteiger partial charge in [-0.3, -0.25) is 0 Å². The number of benzene rings is 2. The van der Waals surface area contributed by atoms with Crippen LogP contribution in [0, 0.1) is 0 Å². The minimum Gasteiger partial charge on any atom is -0.444 e. The van der Waals surface area contributed by atoms with Crippen LogP contribution >= 0.6 is 0 Å². The van der Waals surface area contributed by atoms with Gasteiger partial charge in [-0.25, -0.2) is 4.79 Å². The molecule has 0 saturated heterocycles. The van der Waals surface area contributed by atoms with Crippen LogP contribution in [0.1, 0.15) is 31.9 Å². The predicted molar refractivity (Wildman–Crippen MR) is 123 cm³/mol. The number of nitrogens with two attached hydrogens (primary N) is 1. The zero-order valence-corrected chi connectivity index (χ0v) is 18.4. The van der Waals surface area contributed by atoms with Gasteiger partial charge in [0.1, 0.15) is 5.60 Å². The van der Waals surface area contributed by atoms with E-state index in [1.54, 1.807) is 20.8 Å². The maximum atomic E-state index is 11.8. The fraction of sp³-hybridized carbons (Fsp3) is 0.435. The number of rotatable bonds is 8. The van der Waals surface area contributed by atoms with Gasteiger partial charge in [0, 0.05) is 23.5 Å². The fourth-order valence-corrected chi connectivity index (χ4v) is 2.65. The predicted octanol–water partition coefficient (Wildman–Crippen LogP) is 3.98. The SMILES string of the molecule is CC(C)(C)OC(=O)N[C@H](CN=[N+]=[N-])Cc1ccccc1.N[C@H](CO)Cc1ccccc1. The first-order valence-electron chi connectivity index (χ1n) is 10.2. The van der Waals surface area contributed by atoms with Gasteiger partial charge in [-0.1, -0.05) is 65.8 Å². The van der Waals surface area contributed by atoms with Crippen LogP contribution < -0.4 is 11.1 Å². The van der Waals surface area contributed by atoms with Crippen molar-refractivity contribution in [1.82, 2.24) is 5.32 Å². The molecule has 168 valence electrons. The molecule has 0 unspecified atom stereocenters. The highest BCUT2D eigenvalue weighted by Gasteiger charge is 2.19. The number of azide groups is 1. The van der Waals surface area contributed by atoms with Crippen LogP contribution in [-0.2, 0) is 17.6 Å². The van der Waals surface area contributed by atoms with E-state index in [4.69, 9.17) is 21.1 Å². The van der Waals surface area contributed by atoms with E-state index in [0.29, 0.717) is 6.42 Å². The number of hydrogen-bond donors (Lipinski definition) is 3. The lowest BCUT2D eigenvalue weighted by atomic mass is 10.1. The van der Waals surface area contributed by atoms with Gasteiger partial charge in [-0.05, 0) is 50.3 Å². The van der Waals surface area contributed by atoms with Gasteiger partial charge in [0.05, 0.1) is 6.61 Å². The summed E-state index contributed by atoms with van der Waals surface area (Å²) in [7, 11) is 0. The third-order valence-electron chi connectivity index (χ3n) is 3.99. The maximum Gasteiger partial charge on any atom is 0.407 e. The Hall–Kier alpha value is -3.06. The van der Waals surface area contributed by atoms with Crippen molar-refractivity contribution in [3.8, 4) is 0 Å². The van der Waals surface area contributed by atoms with Crippen LogP contribution in [-0.4, -0.2) is 42.0 Å². The van der Waals surface area contributed by atoms with Gasteiger partial charge in [0.25, 0.3) is 0 Å². The molecule has 0 bridgehead atoms. The van der Waals surface area contributed by atoms with E-state index in [1.807, 2.05) is 60.7 Å². The molecular formula is C23H33N5O3. The first-order valence-corrected chi connectivity index (χ1v) is 10.2. The number of aliphatic hydroxyl groups excluding tert-OH is 1. The Labute approximate surface area is 184 Å². The highest BCUT2D eigenvalue weighted by Crippen LogP contribution is 2.09. The van der Waals surface area contributed by atoms with Crippen LogP contribution in [0.5, 0.6) is 0 Å². The maximum absolute atomic E-state index is 11.8. The zero-order chi connectivity index (χ0) is 23.1. The van der Waals surface area contributed by atoms with E-state index < -0.39 is 11.7 Å². The summed E-state index contributed by atoms with van der Waals surface area (Å²) in [4.78, 5) is 14.5. The van der Waals surface area contributed by atoms with Crippen LogP contribution in [0.25, 0.3) is 10.4 Å². The van der Waals surface area contributed by atoms with Crippen molar-refractivity contribution in [2.24, 2.45) is 10.8 Å². The third kappa shape index (κ3) is 13.0. The van der Waals surface area contributed by atoms with E-state index in [-0.39, 0.29) is 25.2 Å². The number of carbonyl (C=O) groups excluding carboxylic acids is 1. The van der Waals surface area contributed by atoms with E-state index in [1.165, 1.54) is 5.56 Å². The molecule has 0 aliphatic carbocycles. The summed E-state index contributed by atoms with van der Waals surface area (Å²) in [6, 6.07) is 19.2. The first-order chi connectivity index (χ1) is 14.7. The number of aliphatic hydroxyl groups is 1. The molecule has 0 aliphatic rings. The van der Waals surface area contributed by atoms with E-state index in [2.05, 4.69) is 15.3 Å². The highest BCUT2D eigenvalue weighted by atomic mass is 16.6. The Morgan fingerprint density at radius 2 is 1.61 bits per heavy atom. The summed E-state index contributed by atoms with van der Waals surface area (Å²) in [5.74, 6) is 0. The Bertz CT molecular complexity index is 803. The standard InChI is InChI=1S/C14H20N4O2.C9H13NO/c1-14(2,3)20-13(19)17-12(10-16-18-15)9-11-7-5-4-6-8-11;10-9(7-11)6-8-4-2-1-3-5-8/h4-8,12H,9-10H2,1-3H3,(H,17,19);1-5,9,11H,6-7,10H2/t12-;9-/m00/s1. The zero-order valence-electron chi connectivity index (χ0n) is 18.4. The summed E-state index contributed by atoms with van der Waals surface area (Å²) < 4.78 is 5.20. The van der Waals surface area contributed by atoms with E-state index in [9.17, 15) is 4.79 Å². The molecule has 8 nitrogen and oxygen atoms in total. The molecule has 2 atom stereocenters. The van der Waals surface area contributed by atoms with Crippen molar-refractivity contribution in [2.75, 3.05) is 13.2 Å². The molecule has 2 aromatic rings. The molecule has 0 aliphatic heterocycles. The Morgan fingerprint density at radius 3 is 2.06 bits per heavy atom. The largest absolute Gasteiger partial charge is 0.444 e. The lowest BCUT2D eigenvalue weighted by Crippen LogP contribution is -2.41. The van der Waals surface area contributed by atoms with Gasteiger partial charge < -0.3 is 20.9 Å². The quantitative estimate of drug-likeness (QED) is 0.334. The van der Waals surface area contributed by atoms with Gasteiger partial charge in [0.15, 0.2) is 0 Å². The van der Waals surface area contributed by atoms with Crippen LogP contribution in [0.4, 0.5) is 4.79 Å². The Morgan fingerprint density at radius 1 is 1.10 bits per heavy atom. The third-order valence-corrected chi connectivity index (χ3v) is 3.99. The topological polar surface area (TPSA) is 133 Å². The average Bonchev–Trinajstić information content (AvgIpc) is 2.72. The van der Waals surface area contributed by atoms with E-state index in [0.717, 1.165) is 12.0 Å². The molecular weight excluding hydrogens is 394 g/mol. The lowest BCUT2D eigenvalue weighted by molar-refractivity contribution is 0.0506. The number of amides is 1. The van der Waals surface area contributed by atoms with Gasteiger partial charge in [-0.15, -0.1) is 0 Å². The van der Waals surface area contributed by atoms with Crippen LogP contribution in [0.3, 0.4) is 0 Å². The minimum atomic E-state index is -0.556. The fourth-order valence-electron chi connectivity index (χ4n) is 2.65. The second-order valence-electron chi connectivity index (χ2n) is 8.08. The smallest absolute Gasteiger partial charge is 0.407 e. The summed E-state index contributed by atoms with van der Waals surface area (Å²) in [6.07, 6.45) is 0.822. The van der Waals surface area contributed by atoms with Crippen LogP contribution in [0.2, 0.25) is 0 Å². The van der Waals surface area contributed by atoms with Crippen molar-refractivity contribution in [3.63, 3.8) is 0 Å². The highest BCUT2D eigenvalue weighted by molar-refractivity contribution is 5.68. The van der Waals surface area contributed by atoms with Crippen molar-refractivity contribution in [3.05, 3.63) is 82.2 Å². The number of nitrogens with zero attached hydrogens (tertiary/aromatic N) is 3. The molecule has 2 rings (SSSR count). The summed E-state index contributed by atoms with van der Waals surface area (Å²) >= 11 is 0. The number of alkyl carbamates (subject to hydrolysis) is 1. The summed E-state index contributed by atoms with van der Waals surface area (Å²) in [6.45, 7) is 5.63. The number of nitrogens with one attached hydrogen (secondary N) is 1. The van der Waals surface area contributed by atoms with Gasteiger partial charge in [0.2, 0.25) is 0 Å². The van der Waals surface area contributed by atoms with E-state index >= 15 is 0 Å². The molecule has 0 radical (unpaired) electrons. The lowest BCUT2D eigenvalue weighted by Gasteiger charge is -2.23. The van der Waals surface area contributed by atoms with Crippen molar-refractivity contribution < 1.29 is 14.6 Å². The molecule has 0 heterocycles. The molecule has 0 aromatic heterocycles. The Kier molecular flexibility index (Phi) is 11.8. The average molecular weight is 428 g/mol. The monoisotopic (exact) mass is 427 g/mol. The molecule has 2 aromatic carbocycles. The molecule has 8 heteroatoms. The minimum absolute atomic E-state index is 0.0505. The molecule has 1 amide bonds. The van der Waals surface area contributed by atoms with Gasteiger partial charge in [-0.2, -0.15) is 0 Å². The van der Waals surface area contributed by atoms with Crippen LogP contribution in [0.15, 0.2) is 65.8 Å². The normalized spacial score (nSPS) is 12.4. The molecule has 0 fully saturated rings. The van der Waals surface area contributed by atoms with Gasteiger partial charge >= 0.3 is 6.09 Å². The molecule has 0 spiro atoms. The van der Waals surface area contributed by atoms with Crippen molar-refractivity contribution in [2.45, 2.75) is 51.3 Å². The van der Waals surface area contributed by atoms with Crippen molar-refractivity contribution >= 4 is 6.09 Å². The number of ether oxygens (including phenoxy) is 1. The van der Waals surface area contributed by atoms with Crippen molar-refractivity contribution in [1.29, 1.82) is 0 Å². The second-order valence-corrected chi connectivity index (χ2v) is 8.08. The summed E-state index contributed by atoms with van der Waals surface area (Å²) in [5, 5.41) is 14.9. The summed E-state index contributed by atoms with van der Waals surface area (Å²) in [5.41, 5.74) is 15.6.